The summed E-state index contributed by atoms with van der Waals surface area (Å²) in [4.78, 5) is 22.5. The fourth-order valence-electron chi connectivity index (χ4n) is 1.68. The largest absolute Gasteiger partial charge is 0.478 e. The van der Waals surface area contributed by atoms with Crippen LogP contribution in [0.3, 0.4) is 0 Å². The summed E-state index contributed by atoms with van der Waals surface area (Å²) in [5.41, 5.74) is 0.699. The minimum Gasteiger partial charge on any atom is -0.478 e. The van der Waals surface area contributed by atoms with Crippen molar-refractivity contribution in [3.05, 3.63) is 35.4 Å². The van der Waals surface area contributed by atoms with Gasteiger partial charge in [-0.3, -0.25) is 4.79 Å². The Morgan fingerprint density at radius 1 is 1.24 bits per heavy atom. The van der Waals surface area contributed by atoms with Gasteiger partial charge in [0.05, 0.1) is 5.56 Å². The number of aromatic carboxylic acids is 1. The van der Waals surface area contributed by atoms with Crippen molar-refractivity contribution < 1.29 is 14.7 Å². The molecule has 1 atom stereocenters. The van der Waals surface area contributed by atoms with Crippen LogP contribution in [-0.4, -0.2) is 34.5 Å². The maximum atomic E-state index is 11.8. The van der Waals surface area contributed by atoms with E-state index >= 15 is 0 Å². The molecule has 0 saturated carbocycles. The number of carboxylic acids is 1. The molecule has 0 aliphatic carbocycles. The molecule has 1 aromatic rings. The Hall–Kier alpha value is -1.49. The number of carbonyl (C=O) groups excluding carboxylic acids is 1. The van der Waals surface area contributed by atoms with Crippen molar-refractivity contribution in [3.63, 3.8) is 0 Å². The molecule has 1 amide bonds. The molecule has 90 valence electrons. The summed E-state index contributed by atoms with van der Waals surface area (Å²) in [6, 6.07) is 6.22. The van der Waals surface area contributed by atoms with E-state index in [4.69, 9.17) is 5.11 Å². The lowest BCUT2D eigenvalue weighted by molar-refractivity contribution is 0.0696. The van der Waals surface area contributed by atoms with Crippen molar-refractivity contribution >= 4 is 23.6 Å². The first-order valence-electron chi connectivity index (χ1n) is 5.39. The zero-order chi connectivity index (χ0) is 12.3. The van der Waals surface area contributed by atoms with E-state index in [1.54, 1.807) is 12.1 Å². The molecule has 0 spiro atoms. The molecule has 4 nitrogen and oxygen atoms in total. The Bertz CT molecular complexity index is 424. The number of thioether (sulfide) groups is 1. The lowest BCUT2D eigenvalue weighted by Crippen LogP contribution is -2.34. The van der Waals surface area contributed by atoms with Crippen LogP contribution in [-0.2, 0) is 0 Å². The van der Waals surface area contributed by atoms with Crippen LogP contribution < -0.4 is 5.32 Å². The van der Waals surface area contributed by atoms with Crippen LogP contribution in [0, 0.1) is 0 Å². The zero-order valence-corrected chi connectivity index (χ0v) is 10.00. The van der Waals surface area contributed by atoms with Crippen molar-refractivity contribution in [2.45, 2.75) is 12.5 Å². The molecule has 1 saturated heterocycles. The topological polar surface area (TPSA) is 66.4 Å². The van der Waals surface area contributed by atoms with E-state index in [0.29, 0.717) is 5.56 Å². The van der Waals surface area contributed by atoms with E-state index in [1.807, 2.05) is 11.8 Å². The van der Waals surface area contributed by atoms with Crippen LogP contribution in [0.4, 0.5) is 0 Å². The predicted octanol–water partition coefficient (Wildman–Crippen LogP) is 1.62. The zero-order valence-electron chi connectivity index (χ0n) is 9.18. The number of hydrogen-bond donors (Lipinski definition) is 2. The van der Waals surface area contributed by atoms with Gasteiger partial charge in [0.2, 0.25) is 0 Å². The SMILES string of the molecule is O=C(O)c1ccc(C(=O)NC2CCSC2)cc1. The number of rotatable bonds is 3. The van der Waals surface area contributed by atoms with Crippen LogP contribution in [0.2, 0.25) is 0 Å². The second kappa shape index (κ2) is 5.23. The van der Waals surface area contributed by atoms with Crippen LogP contribution in [0.5, 0.6) is 0 Å². The average Bonchev–Trinajstić information content (AvgIpc) is 2.82. The highest BCUT2D eigenvalue weighted by Crippen LogP contribution is 2.17. The van der Waals surface area contributed by atoms with Gasteiger partial charge in [-0.05, 0) is 36.4 Å². The van der Waals surface area contributed by atoms with Gasteiger partial charge in [0.15, 0.2) is 0 Å². The van der Waals surface area contributed by atoms with Crippen LogP contribution in [0.25, 0.3) is 0 Å². The molecule has 5 heteroatoms. The first-order chi connectivity index (χ1) is 8.16. The van der Waals surface area contributed by atoms with Crippen LogP contribution >= 0.6 is 11.8 Å². The number of hydrogen-bond acceptors (Lipinski definition) is 3. The first-order valence-corrected chi connectivity index (χ1v) is 6.54. The number of nitrogens with one attached hydrogen (secondary N) is 1. The number of carboxylic acid groups (broad SMARTS) is 1. The maximum Gasteiger partial charge on any atom is 0.335 e. The van der Waals surface area contributed by atoms with Gasteiger partial charge >= 0.3 is 5.97 Å². The molecule has 1 heterocycles. The molecule has 0 bridgehead atoms. The smallest absolute Gasteiger partial charge is 0.335 e. The molecule has 2 N–H and O–H groups in total. The third-order valence-electron chi connectivity index (χ3n) is 2.66. The van der Waals surface area contributed by atoms with Crippen molar-refractivity contribution in [1.82, 2.24) is 5.32 Å². The molecule has 1 unspecified atom stereocenters. The number of carbonyl (C=O) groups is 2. The second-order valence-corrected chi connectivity index (χ2v) is 5.07. The lowest BCUT2D eigenvalue weighted by atomic mass is 10.1. The van der Waals surface area contributed by atoms with Gasteiger partial charge in [-0.2, -0.15) is 11.8 Å². The summed E-state index contributed by atoms with van der Waals surface area (Å²) >= 11 is 1.83. The quantitative estimate of drug-likeness (QED) is 0.856. The van der Waals surface area contributed by atoms with Gasteiger partial charge in [0.25, 0.3) is 5.91 Å². The fraction of sp³-hybridized carbons (Fsp3) is 0.333. The highest BCUT2D eigenvalue weighted by atomic mass is 32.2. The standard InChI is InChI=1S/C12H13NO3S/c14-11(13-10-5-6-17-7-10)8-1-3-9(4-2-8)12(15)16/h1-4,10H,5-7H2,(H,13,14)(H,15,16). The minimum atomic E-state index is -0.982. The van der Waals surface area contributed by atoms with E-state index in [1.165, 1.54) is 12.1 Å². The molecule has 0 aromatic heterocycles. The second-order valence-electron chi connectivity index (χ2n) is 3.92. The molecule has 0 radical (unpaired) electrons. The van der Waals surface area contributed by atoms with Gasteiger partial charge in [-0.1, -0.05) is 0 Å². The Labute approximate surface area is 103 Å². The molecule has 1 aliphatic heterocycles. The van der Waals surface area contributed by atoms with E-state index in [9.17, 15) is 9.59 Å². The highest BCUT2D eigenvalue weighted by molar-refractivity contribution is 7.99. The van der Waals surface area contributed by atoms with Crippen molar-refractivity contribution in [1.29, 1.82) is 0 Å². The van der Waals surface area contributed by atoms with Gasteiger partial charge < -0.3 is 10.4 Å². The Balaban J connectivity index is 2.01. The van der Waals surface area contributed by atoms with Crippen LogP contribution in [0.15, 0.2) is 24.3 Å². The van der Waals surface area contributed by atoms with Crippen molar-refractivity contribution in [3.8, 4) is 0 Å². The maximum absolute atomic E-state index is 11.8. The average molecular weight is 251 g/mol. The van der Waals surface area contributed by atoms with E-state index in [2.05, 4.69) is 5.32 Å². The summed E-state index contributed by atoms with van der Waals surface area (Å²) in [7, 11) is 0. The van der Waals surface area contributed by atoms with E-state index in [0.717, 1.165) is 17.9 Å². The summed E-state index contributed by atoms with van der Waals surface area (Å²) in [5.74, 6) is 0.931. The Morgan fingerprint density at radius 2 is 1.88 bits per heavy atom. The summed E-state index contributed by atoms with van der Waals surface area (Å²) < 4.78 is 0. The van der Waals surface area contributed by atoms with E-state index < -0.39 is 5.97 Å². The molecule has 1 aliphatic rings. The lowest BCUT2D eigenvalue weighted by Gasteiger charge is -2.11. The van der Waals surface area contributed by atoms with Crippen molar-refractivity contribution in [2.75, 3.05) is 11.5 Å². The molecular formula is C12H13NO3S. The fourth-order valence-corrected chi connectivity index (χ4v) is 2.83. The molecule has 2 rings (SSSR count). The van der Waals surface area contributed by atoms with Gasteiger partial charge in [-0.25, -0.2) is 4.79 Å². The van der Waals surface area contributed by atoms with Crippen molar-refractivity contribution in [2.24, 2.45) is 0 Å². The predicted molar refractivity (Wildman–Crippen MR) is 66.6 cm³/mol. The summed E-state index contributed by atoms with van der Waals surface area (Å²) in [5, 5.41) is 11.7. The number of amides is 1. The number of benzene rings is 1. The van der Waals surface area contributed by atoms with Gasteiger partial charge in [0, 0.05) is 17.4 Å². The van der Waals surface area contributed by atoms with Gasteiger partial charge in [0.1, 0.15) is 0 Å². The summed E-state index contributed by atoms with van der Waals surface area (Å²) in [6.07, 6.45) is 1.00. The minimum absolute atomic E-state index is 0.130. The Kier molecular flexibility index (Phi) is 3.68. The third-order valence-corrected chi connectivity index (χ3v) is 3.82. The summed E-state index contributed by atoms with van der Waals surface area (Å²) in [6.45, 7) is 0. The van der Waals surface area contributed by atoms with E-state index in [-0.39, 0.29) is 17.5 Å². The third kappa shape index (κ3) is 3.00. The normalized spacial score (nSPS) is 18.9. The van der Waals surface area contributed by atoms with Gasteiger partial charge in [-0.15, -0.1) is 0 Å². The molecule has 1 fully saturated rings. The first kappa shape index (κ1) is 12.0. The van der Waals surface area contributed by atoms with Crippen LogP contribution in [0.1, 0.15) is 27.1 Å². The monoisotopic (exact) mass is 251 g/mol. The Morgan fingerprint density at radius 3 is 2.41 bits per heavy atom. The molecule has 17 heavy (non-hydrogen) atoms. The molecule has 1 aromatic carbocycles. The molecular weight excluding hydrogens is 238 g/mol. The highest BCUT2D eigenvalue weighted by Gasteiger charge is 2.18.